The maximum Gasteiger partial charge on any atom is 0.271 e. The average Bonchev–Trinajstić information content (AvgIpc) is 2.65. The topological polar surface area (TPSA) is 46.9 Å². The summed E-state index contributed by atoms with van der Waals surface area (Å²) >= 11 is 0. The molecule has 0 saturated carbocycles. The van der Waals surface area contributed by atoms with Crippen LogP contribution in [0.4, 0.5) is 4.39 Å². The molecule has 0 fully saturated rings. The van der Waals surface area contributed by atoms with Crippen molar-refractivity contribution in [2.45, 2.75) is 39.4 Å². The SMILES string of the molecule is CC(C)n1ccc(C(=O)NCC[C@H](C)F)n1. The van der Waals surface area contributed by atoms with Gasteiger partial charge in [-0.2, -0.15) is 5.10 Å². The summed E-state index contributed by atoms with van der Waals surface area (Å²) in [6.45, 7) is 5.78. The Morgan fingerprint density at radius 2 is 2.25 bits per heavy atom. The molecule has 1 heterocycles. The van der Waals surface area contributed by atoms with Crippen LogP contribution in [0.3, 0.4) is 0 Å². The lowest BCUT2D eigenvalue weighted by Gasteiger charge is -2.05. The molecule has 1 aromatic heterocycles. The highest BCUT2D eigenvalue weighted by molar-refractivity contribution is 5.92. The first-order valence-electron chi connectivity index (χ1n) is 5.48. The Hall–Kier alpha value is -1.39. The smallest absolute Gasteiger partial charge is 0.271 e. The Balaban J connectivity index is 2.46. The van der Waals surface area contributed by atoms with Gasteiger partial charge >= 0.3 is 0 Å². The Bertz CT molecular complexity index is 347. The minimum Gasteiger partial charge on any atom is -0.351 e. The first-order chi connectivity index (χ1) is 7.50. The van der Waals surface area contributed by atoms with Crippen molar-refractivity contribution in [1.82, 2.24) is 15.1 Å². The van der Waals surface area contributed by atoms with Gasteiger partial charge in [0.1, 0.15) is 5.69 Å². The van der Waals surface area contributed by atoms with Gasteiger partial charge < -0.3 is 5.32 Å². The summed E-state index contributed by atoms with van der Waals surface area (Å²) in [5.41, 5.74) is 0.375. The zero-order chi connectivity index (χ0) is 12.1. The van der Waals surface area contributed by atoms with Crippen LogP contribution in [0.15, 0.2) is 12.3 Å². The van der Waals surface area contributed by atoms with Crippen molar-refractivity contribution in [2.24, 2.45) is 0 Å². The Labute approximate surface area is 94.8 Å². The molecule has 1 atom stereocenters. The van der Waals surface area contributed by atoms with Gasteiger partial charge in [0.15, 0.2) is 0 Å². The molecule has 0 aliphatic rings. The highest BCUT2D eigenvalue weighted by Crippen LogP contribution is 2.04. The van der Waals surface area contributed by atoms with Crippen molar-refractivity contribution in [3.05, 3.63) is 18.0 Å². The van der Waals surface area contributed by atoms with Crippen molar-refractivity contribution < 1.29 is 9.18 Å². The van der Waals surface area contributed by atoms with Gasteiger partial charge in [-0.25, -0.2) is 4.39 Å². The summed E-state index contributed by atoms with van der Waals surface area (Å²) in [5, 5.41) is 6.75. The standard InChI is InChI=1S/C11H18FN3O/c1-8(2)15-7-5-10(14-15)11(16)13-6-4-9(3)12/h5,7-9H,4,6H2,1-3H3,(H,13,16)/t9-/m0/s1. The number of carbonyl (C=O) groups excluding carboxylic acids is 1. The number of rotatable bonds is 5. The molecule has 0 unspecified atom stereocenters. The van der Waals surface area contributed by atoms with Gasteiger partial charge in [-0.15, -0.1) is 0 Å². The highest BCUT2D eigenvalue weighted by atomic mass is 19.1. The largest absolute Gasteiger partial charge is 0.351 e. The molecular formula is C11H18FN3O. The van der Waals surface area contributed by atoms with Gasteiger partial charge in [0.2, 0.25) is 0 Å². The van der Waals surface area contributed by atoms with Gasteiger partial charge in [-0.1, -0.05) is 0 Å². The summed E-state index contributed by atoms with van der Waals surface area (Å²) in [6.07, 6.45) is 1.20. The van der Waals surface area contributed by atoms with Gasteiger partial charge in [0.25, 0.3) is 5.91 Å². The minimum absolute atomic E-state index is 0.229. The second-order valence-corrected chi connectivity index (χ2v) is 4.10. The minimum atomic E-state index is -0.895. The lowest BCUT2D eigenvalue weighted by molar-refractivity contribution is 0.0945. The van der Waals surface area contributed by atoms with E-state index in [0.717, 1.165) is 0 Å². The molecule has 0 bridgehead atoms. The zero-order valence-corrected chi connectivity index (χ0v) is 9.90. The number of halogens is 1. The average molecular weight is 227 g/mol. The van der Waals surface area contributed by atoms with Crippen LogP contribution in [0, 0.1) is 0 Å². The maximum absolute atomic E-state index is 12.5. The van der Waals surface area contributed by atoms with Crippen LogP contribution in [0.25, 0.3) is 0 Å². The Morgan fingerprint density at radius 3 is 2.75 bits per heavy atom. The molecule has 0 saturated heterocycles. The third-order valence-electron chi connectivity index (χ3n) is 2.20. The second kappa shape index (κ2) is 5.63. The lowest BCUT2D eigenvalue weighted by atomic mass is 10.3. The van der Waals surface area contributed by atoms with Crippen molar-refractivity contribution in [3.8, 4) is 0 Å². The zero-order valence-electron chi connectivity index (χ0n) is 9.90. The van der Waals surface area contributed by atoms with Crippen LogP contribution >= 0.6 is 0 Å². The fourth-order valence-corrected chi connectivity index (χ4v) is 1.22. The van der Waals surface area contributed by atoms with E-state index in [1.807, 2.05) is 13.8 Å². The second-order valence-electron chi connectivity index (χ2n) is 4.10. The third kappa shape index (κ3) is 3.64. The molecule has 5 heteroatoms. The van der Waals surface area contributed by atoms with Crippen LogP contribution in [-0.4, -0.2) is 28.4 Å². The first-order valence-corrected chi connectivity index (χ1v) is 5.48. The Kier molecular flexibility index (Phi) is 4.46. The molecule has 16 heavy (non-hydrogen) atoms. The van der Waals surface area contributed by atoms with E-state index in [2.05, 4.69) is 10.4 Å². The van der Waals surface area contributed by atoms with E-state index in [1.54, 1.807) is 16.9 Å². The molecule has 0 aromatic carbocycles. The molecule has 1 rings (SSSR count). The van der Waals surface area contributed by atoms with Crippen molar-refractivity contribution in [3.63, 3.8) is 0 Å². The molecule has 0 aliphatic heterocycles. The lowest BCUT2D eigenvalue weighted by Crippen LogP contribution is -2.26. The van der Waals surface area contributed by atoms with E-state index in [-0.39, 0.29) is 11.9 Å². The molecular weight excluding hydrogens is 209 g/mol. The van der Waals surface area contributed by atoms with Gasteiger partial charge in [-0.05, 0) is 33.3 Å². The van der Waals surface area contributed by atoms with Gasteiger partial charge in [0, 0.05) is 18.8 Å². The highest BCUT2D eigenvalue weighted by Gasteiger charge is 2.10. The molecule has 1 aromatic rings. The number of alkyl halides is 1. The predicted octanol–water partition coefficient (Wildman–Crippen LogP) is 1.94. The van der Waals surface area contributed by atoms with Gasteiger partial charge in [0.05, 0.1) is 6.17 Å². The molecule has 90 valence electrons. The molecule has 4 nitrogen and oxygen atoms in total. The van der Waals surface area contributed by atoms with E-state index in [0.29, 0.717) is 18.7 Å². The molecule has 1 N–H and O–H groups in total. The van der Waals surface area contributed by atoms with Gasteiger partial charge in [-0.3, -0.25) is 9.48 Å². The van der Waals surface area contributed by atoms with Crippen LogP contribution in [-0.2, 0) is 0 Å². The fourth-order valence-electron chi connectivity index (χ4n) is 1.22. The van der Waals surface area contributed by atoms with E-state index >= 15 is 0 Å². The molecule has 0 radical (unpaired) electrons. The monoisotopic (exact) mass is 227 g/mol. The number of aromatic nitrogens is 2. The van der Waals surface area contributed by atoms with Crippen molar-refractivity contribution in [2.75, 3.05) is 6.54 Å². The normalized spacial score (nSPS) is 12.8. The van der Waals surface area contributed by atoms with E-state index in [4.69, 9.17) is 0 Å². The molecule has 0 spiro atoms. The van der Waals surface area contributed by atoms with Crippen molar-refractivity contribution in [1.29, 1.82) is 0 Å². The number of hydrogen-bond donors (Lipinski definition) is 1. The summed E-state index contributed by atoms with van der Waals surface area (Å²) in [7, 11) is 0. The molecule has 0 aliphatic carbocycles. The molecule has 1 amide bonds. The van der Waals surface area contributed by atoms with Crippen LogP contribution in [0.2, 0.25) is 0 Å². The maximum atomic E-state index is 12.5. The van der Waals surface area contributed by atoms with E-state index < -0.39 is 6.17 Å². The van der Waals surface area contributed by atoms with E-state index in [1.165, 1.54) is 6.92 Å². The number of carbonyl (C=O) groups is 1. The number of nitrogens with zero attached hydrogens (tertiary/aromatic N) is 2. The third-order valence-corrected chi connectivity index (χ3v) is 2.20. The van der Waals surface area contributed by atoms with Crippen LogP contribution < -0.4 is 5.32 Å². The fraction of sp³-hybridized carbons (Fsp3) is 0.636. The predicted molar refractivity (Wildman–Crippen MR) is 60.1 cm³/mol. The number of nitrogens with one attached hydrogen (secondary N) is 1. The summed E-state index contributed by atoms with van der Waals surface area (Å²) in [6, 6.07) is 1.89. The first kappa shape index (κ1) is 12.7. The number of amides is 1. The summed E-state index contributed by atoms with van der Waals surface area (Å²) in [4.78, 5) is 11.6. The Morgan fingerprint density at radius 1 is 1.56 bits per heavy atom. The van der Waals surface area contributed by atoms with Crippen molar-refractivity contribution >= 4 is 5.91 Å². The quantitative estimate of drug-likeness (QED) is 0.835. The van der Waals surface area contributed by atoms with Crippen LogP contribution in [0.5, 0.6) is 0 Å². The summed E-state index contributed by atoms with van der Waals surface area (Å²) < 4.78 is 14.2. The van der Waals surface area contributed by atoms with E-state index in [9.17, 15) is 9.18 Å². The summed E-state index contributed by atoms with van der Waals surface area (Å²) in [5.74, 6) is -0.250. The van der Waals surface area contributed by atoms with Crippen LogP contribution in [0.1, 0.15) is 43.7 Å². The number of hydrogen-bond acceptors (Lipinski definition) is 2.